The highest BCUT2D eigenvalue weighted by Crippen LogP contribution is 2.46. The molecule has 206 valence electrons. The molecule has 10 unspecified atom stereocenters. The van der Waals surface area contributed by atoms with Gasteiger partial charge in [-0.2, -0.15) is 0 Å². The molecule has 2 saturated heterocycles. The molecule has 4 aliphatic rings. The molecule has 0 radical (unpaired) electrons. The number of ether oxygens (including phenoxy) is 8. The summed E-state index contributed by atoms with van der Waals surface area (Å²) in [7, 11) is 6.29. The van der Waals surface area contributed by atoms with Crippen LogP contribution < -0.4 is 30.4 Å². The van der Waals surface area contributed by atoms with Gasteiger partial charge < -0.3 is 49.4 Å². The quantitative estimate of drug-likeness (QED) is 0.517. The summed E-state index contributed by atoms with van der Waals surface area (Å²) in [6.07, 6.45) is -2.73. The molecule has 6 rings (SSSR count). The van der Waals surface area contributed by atoms with Crippen LogP contribution in [0.5, 0.6) is 23.0 Å². The molecule has 2 fully saturated rings. The molecule has 10 nitrogen and oxygen atoms in total. The molecule has 2 aromatic carbocycles. The third-order valence-electron chi connectivity index (χ3n) is 7.18. The molecule has 38 heavy (non-hydrogen) atoms. The van der Waals surface area contributed by atoms with Gasteiger partial charge in [0.25, 0.3) is 0 Å². The molecule has 0 aliphatic carbocycles. The molecule has 0 bridgehead atoms. The third-order valence-corrected chi connectivity index (χ3v) is 10.5. The summed E-state index contributed by atoms with van der Waals surface area (Å²) < 4.78 is 48.5. The van der Waals surface area contributed by atoms with Crippen LogP contribution in [0.3, 0.4) is 0 Å². The van der Waals surface area contributed by atoms with Gasteiger partial charge in [-0.25, -0.2) is 0 Å². The second kappa shape index (κ2) is 11.3. The largest absolute Gasteiger partial charge is 0.487 e. The molecule has 4 heterocycles. The van der Waals surface area contributed by atoms with Gasteiger partial charge in [0, 0.05) is 14.2 Å². The lowest BCUT2D eigenvalue weighted by molar-refractivity contribution is -0.211. The smallest absolute Gasteiger partial charge is 0.172 e. The zero-order valence-electron chi connectivity index (χ0n) is 21.0. The predicted octanol–water partition coefficient (Wildman–Crippen LogP) is 2.18. The lowest BCUT2D eigenvalue weighted by Gasteiger charge is -2.45. The van der Waals surface area contributed by atoms with Crippen molar-refractivity contribution in [2.45, 2.75) is 59.6 Å². The molecule has 4 N–H and O–H groups in total. The highest BCUT2D eigenvalue weighted by atomic mass is 33.1. The van der Waals surface area contributed by atoms with Crippen LogP contribution in [0.25, 0.3) is 0 Å². The highest BCUT2D eigenvalue weighted by Gasteiger charge is 2.51. The van der Waals surface area contributed by atoms with Crippen LogP contribution in [0.4, 0.5) is 0 Å². The topological polar surface area (TPSA) is 126 Å². The Morgan fingerprint density at radius 2 is 1.05 bits per heavy atom. The lowest BCUT2D eigenvalue weighted by Crippen LogP contribution is -2.64. The summed E-state index contributed by atoms with van der Waals surface area (Å²) in [5, 5.41) is -0.531. The molecular weight excluding hydrogens is 532 g/mol. The Bertz CT molecular complexity index is 1030. The summed E-state index contributed by atoms with van der Waals surface area (Å²) in [6, 6.07) is 14.3. The number of hydrogen-bond donors (Lipinski definition) is 2. The second-order valence-corrected chi connectivity index (χ2v) is 12.1. The van der Waals surface area contributed by atoms with Crippen molar-refractivity contribution in [3.8, 4) is 23.0 Å². The number of nitrogens with two attached hydrogens (primary N) is 2. The van der Waals surface area contributed by atoms with Crippen molar-refractivity contribution in [3.05, 3.63) is 48.5 Å². The lowest BCUT2D eigenvalue weighted by atomic mass is 9.99. The summed E-state index contributed by atoms with van der Waals surface area (Å²) in [5.41, 5.74) is 13.6. The highest BCUT2D eigenvalue weighted by molar-refractivity contribution is 8.77. The first-order chi connectivity index (χ1) is 18.6. The van der Waals surface area contributed by atoms with Crippen molar-refractivity contribution in [1.82, 2.24) is 0 Å². The monoisotopic (exact) mass is 564 g/mol. The number of fused-ring (bicyclic) bond motifs is 4. The summed E-state index contributed by atoms with van der Waals surface area (Å²) in [4.78, 5) is 0. The zero-order valence-corrected chi connectivity index (χ0v) is 22.7. The molecule has 10 atom stereocenters. The Hall–Kier alpha value is -1.90. The van der Waals surface area contributed by atoms with Gasteiger partial charge in [0.05, 0.1) is 22.6 Å². The summed E-state index contributed by atoms with van der Waals surface area (Å²) >= 11 is 0. The Balaban J connectivity index is 1.18. The van der Waals surface area contributed by atoms with Gasteiger partial charge in [-0.1, -0.05) is 45.9 Å². The van der Waals surface area contributed by atoms with Crippen molar-refractivity contribution in [2.75, 3.05) is 27.4 Å². The average Bonchev–Trinajstić information content (AvgIpc) is 3.25. The van der Waals surface area contributed by atoms with E-state index in [0.29, 0.717) is 36.2 Å². The van der Waals surface area contributed by atoms with Crippen LogP contribution >= 0.6 is 21.6 Å². The van der Waals surface area contributed by atoms with Crippen molar-refractivity contribution < 1.29 is 37.9 Å². The first-order valence-electron chi connectivity index (χ1n) is 12.5. The summed E-state index contributed by atoms with van der Waals surface area (Å²) in [5.74, 6) is 2.63. The third kappa shape index (κ3) is 4.92. The van der Waals surface area contributed by atoms with E-state index in [1.54, 1.807) is 14.2 Å². The molecule has 2 aromatic rings. The van der Waals surface area contributed by atoms with Crippen LogP contribution in [0.2, 0.25) is 0 Å². The van der Waals surface area contributed by atoms with Crippen molar-refractivity contribution in [1.29, 1.82) is 0 Å². The Morgan fingerprint density at radius 1 is 0.658 bits per heavy atom. The van der Waals surface area contributed by atoms with E-state index in [4.69, 9.17) is 49.4 Å². The molecule has 12 heteroatoms. The van der Waals surface area contributed by atoms with Crippen molar-refractivity contribution in [3.63, 3.8) is 0 Å². The van der Waals surface area contributed by atoms with Gasteiger partial charge >= 0.3 is 0 Å². The fraction of sp³-hybridized carbons (Fsp3) is 0.538. The molecule has 0 spiro atoms. The van der Waals surface area contributed by atoms with Crippen LogP contribution in [0.1, 0.15) is 0 Å². The van der Waals surface area contributed by atoms with Crippen LogP contribution in [-0.2, 0) is 18.9 Å². The van der Waals surface area contributed by atoms with Gasteiger partial charge in [0.1, 0.15) is 37.6 Å². The fourth-order valence-electron chi connectivity index (χ4n) is 5.16. The van der Waals surface area contributed by atoms with Crippen LogP contribution in [0, 0.1) is 0 Å². The zero-order chi connectivity index (χ0) is 26.2. The first-order valence-corrected chi connectivity index (χ1v) is 14.8. The maximum atomic E-state index is 6.81. The van der Waals surface area contributed by atoms with Gasteiger partial charge in [-0.3, -0.25) is 0 Å². The molecule has 0 aromatic heterocycles. The van der Waals surface area contributed by atoms with Gasteiger partial charge in [-0.05, 0) is 24.3 Å². The first kappa shape index (κ1) is 26.3. The van der Waals surface area contributed by atoms with E-state index in [-0.39, 0.29) is 22.7 Å². The number of hydrogen-bond acceptors (Lipinski definition) is 12. The second-order valence-electron chi connectivity index (χ2n) is 9.51. The number of para-hydroxylation sites is 4. The van der Waals surface area contributed by atoms with Crippen LogP contribution in [-0.4, -0.2) is 87.0 Å². The van der Waals surface area contributed by atoms with Gasteiger partial charge in [-0.15, -0.1) is 0 Å². The van der Waals surface area contributed by atoms with E-state index < -0.39 is 36.9 Å². The minimum atomic E-state index is -0.568. The summed E-state index contributed by atoms with van der Waals surface area (Å²) in [6.45, 7) is 0.633. The van der Waals surface area contributed by atoms with E-state index >= 15 is 0 Å². The predicted molar refractivity (Wildman–Crippen MR) is 143 cm³/mol. The Kier molecular flexibility index (Phi) is 7.83. The van der Waals surface area contributed by atoms with E-state index in [1.165, 1.54) is 21.6 Å². The number of benzene rings is 2. The number of methoxy groups -OCH3 is 2. The van der Waals surface area contributed by atoms with Crippen molar-refractivity contribution in [2.24, 2.45) is 11.5 Å². The fourth-order valence-corrected chi connectivity index (χ4v) is 8.60. The molecule has 0 saturated carbocycles. The van der Waals surface area contributed by atoms with Gasteiger partial charge in [0.2, 0.25) is 0 Å². The van der Waals surface area contributed by atoms with Crippen molar-refractivity contribution >= 4 is 21.6 Å². The molecule has 0 amide bonds. The van der Waals surface area contributed by atoms with E-state index in [9.17, 15) is 0 Å². The number of rotatable bonds is 5. The molecular formula is C26H32N2O8S2. The molecule has 4 aliphatic heterocycles. The SMILES string of the molecule is COC1OC2COc3ccccc3OC2C(N)C1SSC1C(OC)OC2COc3ccccc3OC2C1N. The normalized spacial score (nSPS) is 37.8. The maximum Gasteiger partial charge on any atom is 0.172 e. The Morgan fingerprint density at radius 3 is 1.45 bits per heavy atom. The van der Waals surface area contributed by atoms with Crippen LogP contribution in [0.15, 0.2) is 48.5 Å². The van der Waals surface area contributed by atoms with E-state index in [1.807, 2.05) is 48.5 Å². The average molecular weight is 565 g/mol. The minimum Gasteiger partial charge on any atom is -0.487 e. The van der Waals surface area contributed by atoms with Gasteiger partial charge in [0.15, 0.2) is 35.6 Å². The van der Waals surface area contributed by atoms with E-state index in [0.717, 1.165) is 0 Å². The standard InChI is InChI=1S/C26H32N2O8S2/c1-29-25-23(19(27)21-17(35-25)11-31-13-7-3-5-9-15(13)33-21)37-38-24-20(28)22-18(36-26(24)30-2)12-32-14-8-4-6-10-16(14)34-22/h3-10,17-26H,11-12,27-28H2,1-2H3. The maximum absolute atomic E-state index is 6.81. The Labute approximate surface area is 229 Å². The van der Waals surface area contributed by atoms with E-state index in [2.05, 4.69) is 0 Å². The minimum absolute atomic E-state index is 0.266.